The zero-order valence-electron chi connectivity index (χ0n) is 16.0. The van der Waals surface area contributed by atoms with Gasteiger partial charge in [-0.15, -0.1) is 0 Å². The lowest BCUT2D eigenvalue weighted by atomic mass is 10.2. The molecule has 8 heteroatoms. The number of nitrogens with zero attached hydrogens (tertiary/aromatic N) is 3. The van der Waals surface area contributed by atoms with Gasteiger partial charge >= 0.3 is 0 Å². The van der Waals surface area contributed by atoms with Crippen LogP contribution in [0.15, 0.2) is 36.4 Å². The highest BCUT2D eigenvalue weighted by molar-refractivity contribution is 7.22. The van der Waals surface area contributed by atoms with Gasteiger partial charge in [-0.3, -0.25) is 14.6 Å². The van der Waals surface area contributed by atoms with E-state index < -0.39 is 0 Å². The summed E-state index contributed by atoms with van der Waals surface area (Å²) in [6, 6.07) is 11.0. The number of morpholine rings is 1. The van der Waals surface area contributed by atoms with Crippen molar-refractivity contribution in [2.75, 3.05) is 44.3 Å². The molecule has 0 unspecified atom stereocenters. The molecule has 2 aromatic carbocycles. The molecule has 1 aromatic heterocycles. The van der Waals surface area contributed by atoms with E-state index in [-0.39, 0.29) is 5.91 Å². The van der Waals surface area contributed by atoms with Gasteiger partial charge in [-0.25, -0.2) is 4.98 Å². The van der Waals surface area contributed by atoms with Crippen molar-refractivity contribution < 1.29 is 9.53 Å². The Morgan fingerprint density at radius 2 is 1.90 bits per heavy atom. The second-order valence-corrected chi connectivity index (χ2v) is 8.92. The molecule has 152 valence electrons. The third kappa shape index (κ3) is 4.90. The fourth-order valence-electron chi connectivity index (χ4n) is 3.32. The van der Waals surface area contributed by atoms with Crippen LogP contribution in [0.4, 0.5) is 5.13 Å². The number of hydrogen-bond acceptors (Lipinski definition) is 5. The molecular weight excluding hydrogens is 429 g/mol. The van der Waals surface area contributed by atoms with E-state index in [1.807, 2.05) is 19.1 Å². The highest BCUT2D eigenvalue weighted by atomic mass is 35.5. The third-order valence-corrected chi connectivity index (χ3v) is 6.34. The third-order valence-electron chi connectivity index (χ3n) is 4.86. The normalized spacial score (nSPS) is 15.0. The number of carbonyl (C=O) groups excluding carboxylic acids is 1. The number of fused-ring (bicyclic) bond motifs is 1. The summed E-state index contributed by atoms with van der Waals surface area (Å²) in [4.78, 5) is 22.2. The van der Waals surface area contributed by atoms with Crippen molar-refractivity contribution in [3.8, 4) is 0 Å². The van der Waals surface area contributed by atoms with Crippen LogP contribution in [0.2, 0.25) is 10.0 Å². The molecule has 2 heterocycles. The van der Waals surface area contributed by atoms with Crippen molar-refractivity contribution in [1.29, 1.82) is 0 Å². The maximum absolute atomic E-state index is 13.4. The summed E-state index contributed by atoms with van der Waals surface area (Å²) in [5.41, 5.74) is 2.52. The molecular formula is C21H21Cl2N3O2S. The summed E-state index contributed by atoms with van der Waals surface area (Å²) in [7, 11) is 0. The number of anilines is 1. The van der Waals surface area contributed by atoms with Crippen molar-refractivity contribution in [2.45, 2.75) is 6.92 Å². The van der Waals surface area contributed by atoms with Gasteiger partial charge in [0.1, 0.15) is 0 Å². The van der Waals surface area contributed by atoms with Gasteiger partial charge < -0.3 is 4.74 Å². The summed E-state index contributed by atoms with van der Waals surface area (Å²) in [6.07, 6.45) is 0. The zero-order chi connectivity index (χ0) is 20.4. The Hall–Kier alpha value is -1.70. The van der Waals surface area contributed by atoms with Gasteiger partial charge in [0.05, 0.1) is 23.4 Å². The van der Waals surface area contributed by atoms with Crippen molar-refractivity contribution in [3.63, 3.8) is 0 Å². The van der Waals surface area contributed by atoms with Crippen molar-refractivity contribution in [2.24, 2.45) is 0 Å². The van der Waals surface area contributed by atoms with E-state index in [4.69, 9.17) is 32.9 Å². The van der Waals surface area contributed by atoms with Crippen molar-refractivity contribution >= 4 is 55.8 Å². The first-order valence-corrected chi connectivity index (χ1v) is 11.0. The lowest BCUT2D eigenvalue weighted by Gasteiger charge is -2.29. The molecule has 3 aromatic rings. The number of thiazole rings is 1. The van der Waals surface area contributed by atoms with E-state index in [0.29, 0.717) is 27.3 Å². The summed E-state index contributed by atoms with van der Waals surface area (Å²) in [6.45, 7) is 6.50. The summed E-state index contributed by atoms with van der Waals surface area (Å²) in [5.74, 6) is -0.154. The summed E-state index contributed by atoms with van der Waals surface area (Å²) >= 11 is 13.8. The van der Waals surface area contributed by atoms with Gasteiger partial charge in [-0.05, 0) is 42.8 Å². The Labute approximate surface area is 183 Å². The van der Waals surface area contributed by atoms with Gasteiger partial charge in [0.25, 0.3) is 5.91 Å². The minimum absolute atomic E-state index is 0.154. The lowest BCUT2D eigenvalue weighted by Crippen LogP contribution is -2.43. The fourth-order valence-corrected chi connectivity index (χ4v) is 4.93. The maximum Gasteiger partial charge on any atom is 0.260 e. The Kier molecular flexibility index (Phi) is 6.37. The number of ether oxygens (including phenoxy) is 1. The molecule has 1 aliphatic heterocycles. The average molecular weight is 450 g/mol. The molecule has 4 rings (SSSR count). The average Bonchev–Trinajstić information content (AvgIpc) is 3.10. The van der Waals surface area contributed by atoms with Crippen molar-refractivity contribution in [1.82, 2.24) is 9.88 Å². The Bertz CT molecular complexity index is 1010. The molecule has 0 bridgehead atoms. The van der Waals surface area contributed by atoms with Crippen LogP contribution in [-0.2, 0) is 4.74 Å². The van der Waals surface area contributed by atoms with Crippen LogP contribution in [-0.4, -0.2) is 55.2 Å². The Morgan fingerprint density at radius 3 is 2.62 bits per heavy atom. The summed E-state index contributed by atoms with van der Waals surface area (Å²) in [5, 5.41) is 1.56. The molecule has 0 atom stereocenters. The van der Waals surface area contributed by atoms with Gasteiger partial charge in [0, 0.05) is 41.8 Å². The van der Waals surface area contributed by atoms with E-state index in [1.54, 1.807) is 23.1 Å². The van der Waals surface area contributed by atoms with Crippen LogP contribution in [0.3, 0.4) is 0 Å². The molecule has 1 aliphatic rings. The van der Waals surface area contributed by atoms with Crippen LogP contribution < -0.4 is 4.90 Å². The van der Waals surface area contributed by atoms with Gasteiger partial charge in [-0.1, -0.05) is 40.6 Å². The molecule has 5 nitrogen and oxygen atoms in total. The molecule has 29 heavy (non-hydrogen) atoms. The minimum atomic E-state index is -0.154. The maximum atomic E-state index is 13.4. The first-order chi connectivity index (χ1) is 14.0. The standard InChI is InChI=1S/C21H21Cl2N3O2S/c1-14-2-3-18-19(10-14)29-21(24-18)26(5-4-25-6-8-28-9-7-25)20(27)15-11-16(22)13-17(23)12-15/h2-3,10-13H,4-9H2,1H3. The van der Waals surface area contributed by atoms with Crippen LogP contribution in [0.25, 0.3) is 10.2 Å². The van der Waals surface area contributed by atoms with Crippen LogP contribution in [0.1, 0.15) is 15.9 Å². The number of amides is 1. The minimum Gasteiger partial charge on any atom is -0.379 e. The molecule has 0 N–H and O–H groups in total. The molecule has 0 saturated carbocycles. The number of halogens is 2. The number of carbonyl (C=O) groups is 1. The van der Waals surface area contributed by atoms with E-state index in [2.05, 4.69) is 11.0 Å². The second kappa shape index (κ2) is 8.98. The number of hydrogen-bond donors (Lipinski definition) is 0. The van der Waals surface area contributed by atoms with E-state index in [0.717, 1.165) is 43.1 Å². The number of rotatable bonds is 5. The number of aryl methyl sites for hydroxylation is 1. The topological polar surface area (TPSA) is 45.7 Å². The summed E-state index contributed by atoms with van der Waals surface area (Å²) < 4.78 is 6.49. The second-order valence-electron chi connectivity index (χ2n) is 7.04. The molecule has 0 aliphatic carbocycles. The van der Waals surface area contributed by atoms with E-state index in [9.17, 15) is 4.79 Å². The first-order valence-electron chi connectivity index (χ1n) is 9.45. The smallest absolute Gasteiger partial charge is 0.260 e. The largest absolute Gasteiger partial charge is 0.379 e. The Morgan fingerprint density at radius 1 is 1.17 bits per heavy atom. The van der Waals surface area contributed by atoms with Crippen molar-refractivity contribution in [3.05, 3.63) is 57.6 Å². The van der Waals surface area contributed by atoms with Gasteiger partial charge in [0.2, 0.25) is 0 Å². The predicted molar refractivity (Wildman–Crippen MR) is 120 cm³/mol. The monoisotopic (exact) mass is 449 g/mol. The molecule has 0 radical (unpaired) electrons. The number of aromatic nitrogens is 1. The fraction of sp³-hybridized carbons (Fsp3) is 0.333. The van der Waals surface area contributed by atoms with Gasteiger partial charge in [-0.2, -0.15) is 0 Å². The molecule has 1 amide bonds. The SMILES string of the molecule is Cc1ccc2nc(N(CCN3CCOCC3)C(=O)c3cc(Cl)cc(Cl)c3)sc2c1. The Balaban J connectivity index is 1.66. The van der Waals surface area contributed by atoms with Crippen LogP contribution in [0.5, 0.6) is 0 Å². The van der Waals surface area contributed by atoms with Crippen LogP contribution >= 0.6 is 34.5 Å². The quantitative estimate of drug-likeness (QED) is 0.555. The molecule has 0 spiro atoms. The van der Waals surface area contributed by atoms with E-state index in [1.165, 1.54) is 16.9 Å². The molecule has 1 saturated heterocycles. The molecule has 1 fully saturated rings. The first kappa shape index (κ1) is 20.6. The van der Waals surface area contributed by atoms with Gasteiger partial charge in [0.15, 0.2) is 5.13 Å². The zero-order valence-corrected chi connectivity index (χ0v) is 18.4. The highest BCUT2D eigenvalue weighted by Crippen LogP contribution is 2.31. The lowest BCUT2D eigenvalue weighted by molar-refractivity contribution is 0.0391. The van der Waals surface area contributed by atoms with E-state index >= 15 is 0 Å². The number of benzene rings is 2. The highest BCUT2D eigenvalue weighted by Gasteiger charge is 2.23. The van der Waals surface area contributed by atoms with Crippen LogP contribution in [0, 0.1) is 6.92 Å². The predicted octanol–water partition coefficient (Wildman–Crippen LogP) is 4.89.